The number of esters is 1. The summed E-state index contributed by atoms with van der Waals surface area (Å²) in [7, 11) is 0. The van der Waals surface area contributed by atoms with Crippen molar-refractivity contribution in [1.29, 1.82) is 5.26 Å². The Morgan fingerprint density at radius 1 is 1.13 bits per heavy atom. The standard InChI is InChI=1S/C26H27NO4/c1-25(12-5-15-29-24(28)22-6-3-2-4-7-22)13-14-26(30-16-17-31-26)23(18-25)21-10-8-20(19-27)9-11-21/h2-12,23H,13-18H2,1H3/b12-5+. The van der Waals surface area contributed by atoms with E-state index in [4.69, 9.17) is 19.5 Å². The largest absolute Gasteiger partial charge is 0.458 e. The van der Waals surface area contributed by atoms with Gasteiger partial charge in [0.25, 0.3) is 0 Å². The van der Waals surface area contributed by atoms with Gasteiger partial charge in [-0.05, 0) is 48.1 Å². The molecule has 2 aromatic rings. The number of hydrogen-bond donors (Lipinski definition) is 0. The van der Waals surface area contributed by atoms with Gasteiger partial charge in [0, 0.05) is 12.3 Å². The zero-order chi connectivity index (χ0) is 21.7. The molecule has 4 rings (SSSR count). The van der Waals surface area contributed by atoms with E-state index in [2.05, 4.69) is 19.1 Å². The van der Waals surface area contributed by atoms with Crippen molar-refractivity contribution in [1.82, 2.24) is 0 Å². The average Bonchev–Trinajstić information content (AvgIpc) is 3.29. The first-order chi connectivity index (χ1) is 15.0. The molecule has 2 aromatic carbocycles. The lowest BCUT2D eigenvalue weighted by Gasteiger charge is -2.46. The zero-order valence-electron chi connectivity index (χ0n) is 17.8. The Bertz CT molecular complexity index is 971. The van der Waals surface area contributed by atoms with E-state index >= 15 is 0 Å². The van der Waals surface area contributed by atoms with Crippen LogP contribution in [-0.2, 0) is 14.2 Å². The van der Waals surface area contributed by atoms with Gasteiger partial charge in [0.1, 0.15) is 6.61 Å². The molecule has 5 heteroatoms. The van der Waals surface area contributed by atoms with Gasteiger partial charge in [-0.15, -0.1) is 0 Å². The topological polar surface area (TPSA) is 68.6 Å². The van der Waals surface area contributed by atoms with Crippen LogP contribution < -0.4 is 0 Å². The number of allylic oxidation sites excluding steroid dienone is 1. The second-order valence-corrected chi connectivity index (χ2v) is 8.52. The molecule has 2 unspecified atom stereocenters. The fourth-order valence-electron chi connectivity index (χ4n) is 4.60. The molecule has 1 aliphatic carbocycles. The van der Waals surface area contributed by atoms with Gasteiger partial charge in [0.15, 0.2) is 5.79 Å². The van der Waals surface area contributed by atoms with E-state index in [0.29, 0.717) is 24.3 Å². The second kappa shape index (κ2) is 9.05. The molecule has 0 bridgehead atoms. The summed E-state index contributed by atoms with van der Waals surface area (Å²) in [5.74, 6) is -0.847. The Labute approximate surface area is 183 Å². The van der Waals surface area contributed by atoms with E-state index < -0.39 is 5.79 Å². The summed E-state index contributed by atoms with van der Waals surface area (Å²) in [6, 6.07) is 18.9. The van der Waals surface area contributed by atoms with Gasteiger partial charge in [-0.2, -0.15) is 5.26 Å². The van der Waals surface area contributed by atoms with Gasteiger partial charge in [-0.3, -0.25) is 0 Å². The van der Waals surface area contributed by atoms with Crippen LogP contribution >= 0.6 is 0 Å². The minimum Gasteiger partial charge on any atom is -0.458 e. The van der Waals surface area contributed by atoms with Crippen LogP contribution in [0.1, 0.15) is 53.6 Å². The van der Waals surface area contributed by atoms with Crippen LogP contribution in [0.15, 0.2) is 66.7 Å². The van der Waals surface area contributed by atoms with E-state index in [1.165, 1.54) is 0 Å². The van der Waals surface area contributed by atoms with Crippen LogP contribution in [0, 0.1) is 16.7 Å². The van der Waals surface area contributed by atoms with Gasteiger partial charge in [-0.1, -0.05) is 49.4 Å². The Morgan fingerprint density at radius 2 is 1.84 bits per heavy atom. The third kappa shape index (κ3) is 4.71. The maximum Gasteiger partial charge on any atom is 0.338 e. The van der Waals surface area contributed by atoms with Gasteiger partial charge in [0.05, 0.1) is 30.4 Å². The van der Waals surface area contributed by atoms with Crippen molar-refractivity contribution in [2.24, 2.45) is 5.41 Å². The molecule has 2 atom stereocenters. The second-order valence-electron chi connectivity index (χ2n) is 8.52. The van der Waals surface area contributed by atoms with Crippen LogP contribution in [0.2, 0.25) is 0 Å². The highest BCUT2D eigenvalue weighted by molar-refractivity contribution is 5.89. The zero-order valence-corrected chi connectivity index (χ0v) is 17.8. The number of ether oxygens (including phenoxy) is 3. The van der Waals surface area contributed by atoms with Crippen LogP contribution in [-0.4, -0.2) is 31.6 Å². The molecule has 0 N–H and O–H groups in total. The molecule has 1 spiro atoms. The first-order valence-electron chi connectivity index (χ1n) is 10.7. The van der Waals surface area contributed by atoms with E-state index in [-0.39, 0.29) is 23.9 Å². The van der Waals surface area contributed by atoms with Gasteiger partial charge in [-0.25, -0.2) is 4.79 Å². The summed E-state index contributed by atoms with van der Waals surface area (Å²) >= 11 is 0. The average molecular weight is 418 g/mol. The summed E-state index contributed by atoms with van der Waals surface area (Å²) in [6.45, 7) is 3.67. The fraction of sp³-hybridized carbons (Fsp3) is 0.385. The number of nitriles is 1. The lowest BCUT2D eigenvalue weighted by Crippen LogP contribution is -2.45. The Hall–Kier alpha value is -2.94. The molecule has 1 saturated heterocycles. The minimum absolute atomic E-state index is 0.0676. The normalized spacial score (nSPS) is 24.8. The van der Waals surface area contributed by atoms with E-state index in [1.807, 2.05) is 48.5 Å². The van der Waals surface area contributed by atoms with Crippen LogP contribution in [0.4, 0.5) is 0 Å². The summed E-state index contributed by atoms with van der Waals surface area (Å²) in [5.41, 5.74) is 2.25. The highest BCUT2D eigenvalue weighted by Crippen LogP contribution is 2.53. The Morgan fingerprint density at radius 3 is 2.52 bits per heavy atom. The number of nitrogens with zero attached hydrogens (tertiary/aromatic N) is 1. The molecule has 1 heterocycles. The number of carbonyl (C=O) groups is 1. The number of benzene rings is 2. The molecule has 31 heavy (non-hydrogen) atoms. The molecule has 160 valence electrons. The minimum atomic E-state index is -0.596. The van der Waals surface area contributed by atoms with E-state index in [1.54, 1.807) is 12.1 Å². The lowest BCUT2D eigenvalue weighted by atomic mass is 9.66. The summed E-state index contributed by atoms with van der Waals surface area (Å²) in [5, 5.41) is 9.11. The van der Waals surface area contributed by atoms with Crippen molar-refractivity contribution in [3.8, 4) is 6.07 Å². The van der Waals surface area contributed by atoms with Gasteiger partial charge >= 0.3 is 5.97 Å². The van der Waals surface area contributed by atoms with Crippen molar-refractivity contribution in [3.05, 3.63) is 83.4 Å². The highest BCUT2D eigenvalue weighted by Gasteiger charge is 2.51. The third-order valence-electron chi connectivity index (χ3n) is 6.30. The maximum absolute atomic E-state index is 12.1. The molecule has 2 aliphatic rings. The summed E-state index contributed by atoms with van der Waals surface area (Å²) in [4.78, 5) is 12.1. The van der Waals surface area contributed by atoms with E-state index in [0.717, 1.165) is 24.8 Å². The first kappa shape index (κ1) is 21.3. The van der Waals surface area contributed by atoms with Crippen molar-refractivity contribution < 1.29 is 19.0 Å². The quantitative estimate of drug-likeness (QED) is 0.506. The molecule has 1 aliphatic heterocycles. The van der Waals surface area contributed by atoms with Crippen molar-refractivity contribution in [3.63, 3.8) is 0 Å². The fourth-order valence-corrected chi connectivity index (χ4v) is 4.60. The smallest absolute Gasteiger partial charge is 0.338 e. The van der Waals surface area contributed by atoms with Crippen LogP contribution in [0.3, 0.4) is 0 Å². The predicted molar refractivity (Wildman–Crippen MR) is 116 cm³/mol. The number of hydrogen-bond acceptors (Lipinski definition) is 5. The summed E-state index contributed by atoms with van der Waals surface area (Å²) in [6.07, 6.45) is 6.65. The van der Waals surface area contributed by atoms with Crippen LogP contribution in [0.25, 0.3) is 0 Å². The number of carbonyl (C=O) groups excluding carboxylic acids is 1. The highest BCUT2D eigenvalue weighted by atomic mass is 16.7. The SMILES string of the molecule is CC1(/C=C/COC(=O)c2ccccc2)CCC2(OCCO2)C(c2ccc(C#N)cc2)C1. The molecular weight excluding hydrogens is 390 g/mol. The third-order valence-corrected chi connectivity index (χ3v) is 6.30. The molecular formula is C26H27NO4. The Balaban J connectivity index is 1.45. The summed E-state index contributed by atoms with van der Waals surface area (Å²) < 4.78 is 17.6. The number of rotatable bonds is 5. The monoisotopic (exact) mass is 417 g/mol. The van der Waals surface area contributed by atoms with E-state index in [9.17, 15) is 4.79 Å². The molecule has 1 saturated carbocycles. The molecule has 2 fully saturated rings. The maximum atomic E-state index is 12.1. The first-order valence-corrected chi connectivity index (χ1v) is 10.7. The molecule has 0 amide bonds. The van der Waals surface area contributed by atoms with Crippen LogP contribution in [0.5, 0.6) is 0 Å². The lowest BCUT2D eigenvalue weighted by molar-refractivity contribution is -0.201. The van der Waals surface area contributed by atoms with Gasteiger partial charge < -0.3 is 14.2 Å². The van der Waals surface area contributed by atoms with Crippen molar-refractivity contribution in [2.75, 3.05) is 19.8 Å². The van der Waals surface area contributed by atoms with Crippen molar-refractivity contribution >= 4 is 5.97 Å². The molecule has 5 nitrogen and oxygen atoms in total. The molecule has 0 aromatic heterocycles. The van der Waals surface area contributed by atoms with Gasteiger partial charge in [0.2, 0.25) is 0 Å². The molecule has 0 radical (unpaired) electrons. The van der Waals surface area contributed by atoms with Crippen molar-refractivity contribution in [2.45, 2.75) is 37.9 Å². The Kier molecular flexibility index (Phi) is 6.22. The predicted octanol–water partition coefficient (Wildman–Crippen LogP) is 4.99.